The van der Waals surface area contributed by atoms with Gasteiger partial charge >= 0.3 is 8.60 Å². The van der Waals surface area contributed by atoms with Gasteiger partial charge < -0.3 is 28.7 Å². The van der Waals surface area contributed by atoms with Crippen LogP contribution >= 0.6 is 8.60 Å². The number of ether oxygens (including phenoxy) is 2. The van der Waals surface area contributed by atoms with Crippen molar-refractivity contribution in [3.05, 3.63) is 29.8 Å². The van der Waals surface area contributed by atoms with Crippen molar-refractivity contribution >= 4 is 15.1 Å². The number of benzene rings is 1. The van der Waals surface area contributed by atoms with Crippen LogP contribution in [0, 0.1) is 0 Å². The van der Waals surface area contributed by atoms with Crippen molar-refractivity contribution in [3.8, 4) is 5.75 Å². The van der Waals surface area contributed by atoms with Gasteiger partial charge in [0, 0.05) is 0 Å². The topological polar surface area (TPSA) is 90.8 Å². The predicted molar refractivity (Wildman–Crippen MR) is 137 cm³/mol. The molecule has 0 aliphatic carbocycles. The zero-order valence-electron chi connectivity index (χ0n) is 21.3. The Morgan fingerprint density at radius 3 is 2.18 bits per heavy atom. The summed E-state index contributed by atoms with van der Waals surface area (Å²) in [5, 5.41) is 2.07. The molecule has 0 aliphatic heterocycles. The molecule has 0 amide bonds. The number of hydrogen-bond acceptors (Lipinski definition) is 6. The SMILES string of the molecule is CCCCCCCCCCCCc1ccc(OCC(COP(O)OCC[NH2+]CC)OC=O)cc1. The van der Waals surface area contributed by atoms with Gasteiger partial charge in [0.05, 0.1) is 19.7 Å². The fraction of sp³-hybridized carbons (Fsp3) is 0.731. The first-order valence-corrected chi connectivity index (χ1v) is 14.2. The lowest BCUT2D eigenvalue weighted by molar-refractivity contribution is -0.652. The van der Waals surface area contributed by atoms with Crippen molar-refractivity contribution in [1.29, 1.82) is 0 Å². The van der Waals surface area contributed by atoms with Gasteiger partial charge in [-0.25, -0.2) is 0 Å². The van der Waals surface area contributed by atoms with Crippen molar-refractivity contribution in [2.24, 2.45) is 0 Å². The number of quaternary nitrogens is 1. The first-order chi connectivity index (χ1) is 16.7. The highest BCUT2D eigenvalue weighted by atomic mass is 31.2. The van der Waals surface area contributed by atoms with Crippen molar-refractivity contribution in [2.45, 2.75) is 90.6 Å². The molecule has 0 aromatic heterocycles. The lowest BCUT2D eigenvalue weighted by Gasteiger charge is -2.18. The number of nitrogens with two attached hydrogens (primary N) is 1. The summed E-state index contributed by atoms with van der Waals surface area (Å²) < 4.78 is 21.2. The molecule has 7 nitrogen and oxygen atoms in total. The highest BCUT2D eigenvalue weighted by Gasteiger charge is 2.16. The molecule has 34 heavy (non-hydrogen) atoms. The van der Waals surface area contributed by atoms with Gasteiger partial charge in [0.25, 0.3) is 6.47 Å². The van der Waals surface area contributed by atoms with Crippen LogP contribution in [0.1, 0.15) is 83.6 Å². The number of aryl methyl sites for hydroxylation is 1. The van der Waals surface area contributed by atoms with Gasteiger partial charge in [0.2, 0.25) is 0 Å². The fourth-order valence-corrected chi connectivity index (χ4v) is 4.20. The summed E-state index contributed by atoms with van der Waals surface area (Å²) in [6.07, 6.45) is 13.9. The Morgan fingerprint density at radius 1 is 0.912 bits per heavy atom. The van der Waals surface area contributed by atoms with Gasteiger partial charge in [-0.15, -0.1) is 0 Å². The van der Waals surface area contributed by atoms with E-state index in [1.54, 1.807) is 0 Å². The molecule has 8 heteroatoms. The van der Waals surface area contributed by atoms with Gasteiger partial charge in [-0.05, 0) is 37.5 Å². The standard InChI is InChI=1S/C26H46NO6P/c1-3-5-6-7-8-9-10-11-12-13-14-24-15-17-25(18-16-24)30-21-26(31-23-28)22-33-34(29)32-20-19-27-4-2/h15-18,23,26-27,29H,3-14,19-22H2,1-2H3/p+1. The largest absolute Gasteiger partial charge is 0.490 e. The normalized spacial score (nSPS) is 12.9. The maximum absolute atomic E-state index is 10.8. The predicted octanol–water partition coefficient (Wildman–Crippen LogP) is 4.91. The van der Waals surface area contributed by atoms with Crippen LogP contribution in [-0.2, 0) is 25.0 Å². The minimum Gasteiger partial charge on any atom is -0.490 e. The third-order valence-electron chi connectivity index (χ3n) is 5.61. The van der Waals surface area contributed by atoms with Crippen LogP contribution < -0.4 is 10.1 Å². The Labute approximate surface area is 207 Å². The van der Waals surface area contributed by atoms with E-state index in [1.807, 2.05) is 19.1 Å². The zero-order valence-corrected chi connectivity index (χ0v) is 22.2. The monoisotopic (exact) mass is 500 g/mol. The highest BCUT2D eigenvalue weighted by Crippen LogP contribution is 2.32. The van der Waals surface area contributed by atoms with Gasteiger partial charge in [-0.2, -0.15) is 0 Å². The van der Waals surface area contributed by atoms with Crippen LogP contribution in [0.25, 0.3) is 0 Å². The molecule has 0 bridgehead atoms. The van der Waals surface area contributed by atoms with E-state index in [0.717, 1.165) is 19.5 Å². The van der Waals surface area contributed by atoms with E-state index in [0.29, 0.717) is 18.8 Å². The average molecular weight is 501 g/mol. The van der Waals surface area contributed by atoms with E-state index in [4.69, 9.17) is 18.5 Å². The van der Waals surface area contributed by atoms with E-state index >= 15 is 0 Å². The van der Waals surface area contributed by atoms with E-state index in [2.05, 4.69) is 24.4 Å². The Hall–Kier alpha value is -1.24. The van der Waals surface area contributed by atoms with Crippen LogP contribution in [0.3, 0.4) is 0 Å². The third kappa shape index (κ3) is 17.2. The van der Waals surface area contributed by atoms with Gasteiger partial charge in [-0.3, -0.25) is 4.79 Å². The maximum Gasteiger partial charge on any atom is 0.330 e. The van der Waals surface area contributed by atoms with Crippen molar-refractivity contribution in [3.63, 3.8) is 0 Å². The van der Waals surface area contributed by atoms with E-state index < -0.39 is 14.7 Å². The van der Waals surface area contributed by atoms with E-state index in [9.17, 15) is 9.69 Å². The smallest absolute Gasteiger partial charge is 0.330 e. The molecule has 1 aromatic carbocycles. The number of unbranched alkanes of at least 4 members (excludes halogenated alkanes) is 9. The van der Waals surface area contributed by atoms with Crippen molar-refractivity contribution in [1.82, 2.24) is 0 Å². The summed E-state index contributed by atoms with van der Waals surface area (Å²) in [4.78, 5) is 20.5. The lowest BCUT2D eigenvalue weighted by atomic mass is 10.0. The van der Waals surface area contributed by atoms with Crippen LogP contribution in [0.15, 0.2) is 24.3 Å². The number of carbonyl (C=O) groups is 1. The Bertz CT molecular complexity index is 589. The van der Waals surface area contributed by atoms with Crippen LogP contribution in [0.5, 0.6) is 5.75 Å². The third-order valence-corrected chi connectivity index (χ3v) is 6.38. The maximum atomic E-state index is 10.8. The van der Waals surface area contributed by atoms with E-state index in [-0.39, 0.29) is 13.2 Å². The molecule has 1 aromatic rings. The summed E-state index contributed by atoms with van der Waals surface area (Å²) >= 11 is 0. The van der Waals surface area contributed by atoms with Crippen molar-refractivity contribution < 1.29 is 33.5 Å². The molecule has 0 saturated carbocycles. The quantitative estimate of drug-likeness (QED) is 0.119. The lowest BCUT2D eigenvalue weighted by Crippen LogP contribution is -2.84. The molecule has 0 spiro atoms. The number of likely N-dealkylation sites (N-methyl/N-ethyl adjacent to an activating group) is 1. The number of hydrogen-bond donors (Lipinski definition) is 2. The Kier molecular flexibility index (Phi) is 20.1. The first-order valence-electron chi connectivity index (χ1n) is 13.1. The fourth-order valence-electron chi connectivity index (χ4n) is 3.57. The second kappa shape index (κ2) is 22.2. The number of carbonyl (C=O) groups excluding carboxylic acids is 1. The molecule has 0 radical (unpaired) electrons. The molecule has 3 N–H and O–H groups in total. The van der Waals surface area contributed by atoms with Crippen LogP contribution in [-0.4, -0.2) is 50.4 Å². The second-order valence-electron chi connectivity index (χ2n) is 8.59. The van der Waals surface area contributed by atoms with Crippen LogP contribution in [0.2, 0.25) is 0 Å². The molecule has 0 saturated heterocycles. The summed E-state index contributed by atoms with van der Waals surface area (Å²) in [7, 11) is -2.00. The van der Waals surface area contributed by atoms with Crippen LogP contribution in [0.4, 0.5) is 0 Å². The number of rotatable bonds is 24. The van der Waals surface area contributed by atoms with Crippen molar-refractivity contribution in [2.75, 3.05) is 32.9 Å². The Morgan fingerprint density at radius 2 is 1.56 bits per heavy atom. The molecular weight excluding hydrogens is 453 g/mol. The van der Waals surface area contributed by atoms with Gasteiger partial charge in [0.15, 0.2) is 6.10 Å². The molecule has 2 unspecified atom stereocenters. The molecular formula is C26H47NO6P+. The Balaban J connectivity index is 2.17. The first kappa shape index (κ1) is 30.8. The summed E-state index contributed by atoms with van der Waals surface area (Å²) in [5.74, 6) is 0.712. The summed E-state index contributed by atoms with van der Waals surface area (Å²) in [6, 6.07) is 8.06. The minimum atomic E-state index is -2.00. The second-order valence-corrected chi connectivity index (χ2v) is 9.59. The molecule has 2 atom stereocenters. The summed E-state index contributed by atoms with van der Waals surface area (Å²) in [6.45, 7) is 6.94. The van der Waals surface area contributed by atoms with Gasteiger partial charge in [-0.1, -0.05) is 76.8 Å². The molecule has 0 heterocycles. The summed E-state index contributed by atoms with van der Waals surface area (Å²) in [5.41, 5.74) is 1.30. The minimum absolute atomic E-state index is 0.00919. The average Bonchev–Trinajstić information content (AvgIpc) is 2.85. The molecule has 1 rings (SSSR count). The molecule has 0 aliphatic rings. The molecule has 0 fully saturated rings. The highest BCUT2D eigenvalue weighted by molar-refractivity contribution is 7.40. The van der Waals surface area contributed by atoms with Gasteiger partial charge in [0.1, 0.15) is 19.0 Å². The molecule has 196 valence electrons. The van der Waals surface area contributed by atoms with E-state index in [1.165, 1.54) is 69.8 Å². The zero-order chi connectivity index (χ0) is 24.7.